The van der Waals surface area contributed by atoms with Crippen molar-refractivity contribution in [1.82, 2.24) is 5.32 Å². The lowest BCUT2D eigenvalue weighted by molar-refractivity contribution is -0.137. The molecule has 1 aliphatic heterocycles. The van der Waals surface area contributed by atoms with E-state index in [0.29, 0.717) is 25.9 Å². The third-order valence-corrected chi connectivity index (χ3v) is 3.96. The average molecular weight is 318 g/mol. The molecule has 1 aromatic carbocycles. The topological polar surface area (TPSA) is 86.7 Å². The molecular formula is C17H22N2O4. The van der Waals surface area contributed by atoms with Crippen molar-refractivity contribution in [3.05, 3.63) is 29.8 Å². The van der Waals surface area contributed by atoms with E-state index in [1.807, 2.05) is 31.2 Å². The Hall–Kier alpha value is -2.37. The maximum Gasteiger partial charge on any atom is 0.303 e. The number of aliphatic carboxylic acids is 1. The van der Waals surface area contributed by atoms with Gasteiger partial charge in [-0.15, -0.1) is 0 Å². The second-order valence-corrected chi connectivity index (χ2v) is 5.88. The van der Waals surface area contributed by atoms with Crippen molar-refractivity contribution in [2.45, 2.75) is 32.6 Å². The van der Waals surface area contributed by atoms with E-state index in [2.05, 4.69) is 5.32 Å². The molecule has 1 saturated heterocycles. The van der Waals surface area contributed by atoms with E-state index in [1.165, 1.54) is 0 Å². The zero-order valence-electron chi connectivity index (χ0n) is 13.2. The van der Waals surface area contributed by atoms with Gasteiger partial charge in [-0.25, -0.2) is 0 Å². The number of carbonyl (C=O) groups is 3. The van der Waals surface area contributed by atoms with Crippen LogP contribution in [-0.4, -0.2) is 36.0 Å². The van der Waals surface area contributed by atoms with Gasteiger partial charge in [0.25, 0.3) is 0 Å². The molecule has 2 rings (SSSR count). The van der Waals surface area contributed by atoms with Crippen LogP contribution in [0.2, 0.25) is 0 Å². The Morgan fingerprint density at radius 2 is 1.96 bits per heavy atom. The van der Waals surface area contributed by atoms with Crippen LogP contribution in [0.1, 0.15) is 31.2 Å². The third kappa shape index (κ3) is 4.81. The maximum atomic E-state index is 12.1. The molecule has 2 amide bonds. The number of nitrogens with one attached hydrogen (secondary N) is 1. The molecule has 1 aromatic rings. The second kappa shape index (κ2) is 7.76. The minimum absolute atomic E-state index is 0.0418. The van der Waals surface area contributed by atoms with Crippen LogP contribution in [-0.2, 0) is 14.4 Å². The quantitative estimate of drug-likeness (QED) is 0.749. The first-order valence-electron chi connectivity index (χ1n) is 7.84. The molecule has 124 valence electrons. The summed E-state index contributed by atoms with van der Waals surface area (Å²) in [6.07, 6.45) is 1.49. The number of carboxylic acids is 1. The minimum atomic E-state index is -0.827. The van der Waals surface area contributed by atoms with Crippen molar-refractivity contribution in [2.24, 2.45) is 5.92 Å². The Labute approximate surface area is 135 Å². The number of benzene rings is 1. The van der Waals surface area contributed by atoms with Crippen molar-refractivity contribution in [3.8, 4) is 0 Å². The Morgan fingerprint density at radius 3 is 2.61 bits per heavy atom. The van der Waals surface area contributed by atoms with Crippen LogP contribution in [0, 0.1) is 12.8 Å². The highest BCUT2D eigenvalue weighted by atomic mass is 16.4. The Balaban J connectivity index is 1.81. The van der Waals surface area contributed by atoms with E-state index in [0.717, 1.165) is 11.3 Å². The van der Waals surface area contributed by atoms with E-state index < -0.39 is 5.97 Å². The lowest BCUT2D eigenvalue weighted by atomic mass is 10.1. The monoisotopic (exact) mass is 318 g/mol. The van der Waals surface area contributed by atoms with Crippen LogP contribution in [0.3, 0.4) is 0 Å². The normalized spacial score (nSPS) is 17.3. The summed E-state index contributed by atoms with van der Waals surface area (Å²) in [5.41, 5.74) is 1.94. The molecule has 1 unspecified atom stereocenters. The van der Waals surface area contributed by atoms with Crippen LogP contribution in [0.5, 0.6) is 0 Å². The van der Waals surface area contributed by atoms with Gasteiger partial charge in [0.05, 0.1) is 5.92 Å². The van der Waals surface area contributed by atoms with Crippen molar-refractivity contribution < 1.29 is 19.5 Å². The van der Waals surface area contributed by atoms with Crippen LogP contribution in [0.25, 0.3) is 0 Å². The summed E-state index contributed by atoms with van der Waals surface area (Å²) in [7, 11) is 0. The van der Waals surface area contributed by atoms with E-state index in [4.69, 9.17) is 5.11 Å². The molecule has 0 aliphatic carbocycles. The number of carboxylic acid groups (broad SMARTS) is 1. The summed E-state index contributed by atoms with van der Waals surface area (Å²) in [6.45, 7) is 2.82. The maximum absolute atomic E-state index is 12.1. The Kier molecular flexibility index (Phi) is 5.73. The van der Waals surface area contributed by atoms with Gasteiger partial charge in [-0.1, -0.05) is 17.7 Å². The summed E-state index contributed by atoms with van der Waals surface area (Å²) in [5, 5.41) is 11.3. The van der Waals surface area contributed by atoms with Crippen molar-refractivity contribution in [2.75, 3.05) is 18.0 Å². The van der Waals surface area contributed by atoms with Crippen LogP contribution >= 0.6 is 0 Å². The smallest absolute Gasteiger partial charge is 0.303 e. The van der Waals surface area contributed by atoms with Crippen molar-refractivity contribution in [3.63, 3.8) is 0 Å². The summed E-state index contributed by atoms with van der Waals surface area (Å²) in [4.78, 5) is 36.3. The number of amides is 2. The van der Waals surface area contributed by atoms with Crippen molar-refractivity contribution in [1.29, 1.82) is 0 Å². The lowest BCUT2D eigenvalue weighted by Crippen LogP contribution is -2.33. The van der Waals surface area contributed by atoms with Gasteiger partial charge >= 0.3 is 5.97 Å². The fourth-order valence-electron chi connectivity index (χ4n) is 2.61. The summed E-state index contributed by atoms with van der Waals surface area (Å²) >= 11 is 0. The SMILES string of the molecule is Cc1ccc(N2CC(C(=O)NCCCCC(=O)O)CC2=O)cc1. The summed E-state index contributed by atoms with van der Waals surface area (Å²) < 4.78 is 0. The summed E-state index contributed by atoms with van der Waals surface area (Å²) in [5.74, 6) is -1.35. The standard InChI is InChI=1S/C17H22N2O4/c1-12-5-7-14(8-6-12)19-11-13(10-15(19)20)17(23)18-9-3-2-4-16(21)22/h5-8,13H,2-4,9-11H2,1H3,(H,18,23)(H,21,22). The number of aryl methyl sites for hydroxylation is 1. The van der Waals surface area contributed by atoms with Gasteiger partial charge in [0.15, 0.2) is 0 Å². The first-order valence-corrected chi connectivity index (χ1v) is 7.84. The third-order valence-electron chi connectivity index (χ3n) is 3.96. The minimum Gasteiger partial charge on any atom is -0.481 e. The van der Waals surface area contributed by atoms with Crippen LogP contribution in [0.15, 0.2) is 24.3 Å². The van der Waals surface area contributed by atoms with Gasteiger partial charge in [0.1, 0.15) is 0 Å². The molecule has 0 aromatic heterocycles. The zero-order valence-corrected chi connectivity index (χ0v) is 13.2. The van der Waals surface area contributed by atoms with Crippen molar-refractivity contribution >= 4 is 23.5 Å². The van der Waals surface area contributed by atoms with E-state index in [-0.39, 0.29) is 30.6 Å². The van der Waals surface area contributed by atoms with Gasteiger partial charge in [-0.3, -0.25) is 14.4 Å². The molecular weight excluding hydrogens is 296 g/mol. The van der Waals surface area contributed by atoms with Crippen LogP contribution < -0.4 is 10.2 Å². The number of nitrogens with zero attached hydrogens (tertiary/aromatic N) is 1. The number of unbranched alkanes of at least 4 members (excludes halogenated alkanes) is 1. The molecule has 0 saturated carbocycles. The van der Waals surface area contributed by atoms with E-state index in [9.17, 15) is 14.4 Å². The number of rotatable bonds is 7. The zero-order chi connectivity index (χ0) is 16.8. The molecule has 2 N–H and O–H groups in total. The predicted molar refractivity (Wildman–Crippen MR) is 86.1 cm³/mol. The van der Waals surface area contributed by atoms with Gasteiger partial charge < -0.3 is 15.3 Å². The molecule has 6 nitrogen and oxygen atoms in total. The van der Waals surface area contributed by atoms with Gasteiger partial charge in [-0.2, -0.15) is 0 Å². The second-order valence-electron chi connectivity index (χ2n) is 5.88. The van der Waals surface area contributed by atoms with E-state index >= 15 is 0 Å². The summed E-state index contributed by atoms with van der Waals surface area (Å²) in [6, 6.07) is 7.66. The van der Waals surface area contributed by atoms with Gasteiger partial charge in [-0.05, 0) is 31.9 Å². The number of hydrogen-bond acceptors (Lipinski definition) is 3. The molecule has 0 spiro atoms. The van der Waals surface area contributed by atoms with Gasteiger partial charge in [0, 0.05) is 31.6 Å². The molecule has 0 radical (unpaired) electrons. The fraction of sp³-hybridized carbons (Fsp3) is 0.471. The van der Waals surface area contributed by atoms with E-state index in [1.54, 1.807) is 4.90 Å². The molecule has 1 heterocycles. The lowest BCUT2D eigenvalue weighted by Gasteiger charge is -2.17. The molecule has 23 heavy (non-hydrogen) atoms. The highest BCUT2D eigenvalue weighted by molar-refractivity contribution is 6.00. The van der Waals surface area contributed by atoms with Crippen LogP contribution in [0.4, 0.5) is 5.69 Å². The molecule has 1 fully saturated rings. The first kappa shape index (κ1) is 17.0. The molecule has 1 aliphatic rings. The fourth-order valence-corrected chi connectivity index (χ4v) is 2.61. The number of anilines is 1. The first-order chi connectivity index (χ1) is 11.0. The van der Waals surface area contributed by atoms with Gasteiger partial charge in [0.2, 0.25) is 11.8 Å². The average Bonchev–Trinajstić information content (AvgIpc) is 2.89. The number of hydrogen-bond donors (Lipinski definition) is 2. The highest BCUT2D eigenvalue weighted by Crippen LogP contribution is 2.25. The highest BCUT2D eigenvalue weighted by Gasteiger charge is 2.34. The molecule has 0 bridgehead atoms. The Morgan fingerprint density at radius 1 is 1.26 bits per heavy atom. The number of carbonyl (C=O) groups excluding carboxylic acids is 2. The largest absolute Gasteiger partial charge is 0.481 e. The molecule has 1 atom stereocenters. The Bertz CT molecular complexity index is 583. The molecule has 6 heteroatoms. The predicted octanol–water partition coefficient (Wildman–Crippen LogP) is 1.72.